The van der Waals surface area contributed by atoms with Crippen molar-refractivity contribution in [1.29, 1.82) is 0 Å². The van der Waals surface area contributed by atoms with Gasteiger partial charge in [0.2, 0.25) is 6.79 Å². The molecule has 1 N–H and O–H groups in total. The number of carboxylic acid groups (broad SMARTS) is 1. The van der Waals surface area contributed by atoms with Gasteiger partial charge in [-0.15, -0.1) is 0 Å². The second-order valence-corrected chi connectivity index (χ2v) is 21.0. The van der Waals surface area contributed by atoms with Crippen molar-refractivity contribution in [2.75, 3.05) is 6.79 Å². The number of carbonyl (C=O) groups is 4. The normalized spacial score (nSPS) is 38.9. The molecule has 5 saturated carbocycles. The van der Waals surface area contributed by atoms with Crippen LogP contribution in [0.5, 0.6) is 0 Å². The summed E-state index contributed by atoms with van der Waals surface area (Å²) < 4.78 is 21.7. The summed E-state index contributed by atoms with van der Waals surface area (Å²) >= 11 is 0. The summed E-state index contributed by atoms with van der Waals surface area (Å²) in [5, 5.41) is 9.60. The number of esters is 2. The summed E-state index contributed by atoms with van der Waals surface area (Å²) in [5.74, 6) is 0.648. The Balaban J connectivity index is 1.31. The number of ether oxygens (including phenoxy) is 4. The van der Waals surface area contributed by atoms with Gasteiger partial charge in [0.05, 0.1) is 11.8 Å². The Hall–Kier alpha value is -2.58. The number of allylic oxidation sites excluding steroid dienone is 1. The van der Waals surface area contributed by atoms with Crippen LogP contribution in [0.15, 0.2) is 12.2 Å². The van der Waals surface area contributed by atoms with Gasteiger partial charge < -0.3 is 24.1 Å². The van der Waals surface area contributed by atoms with E-state index in [0.29, 0.717) is 36.0 Å². The van der Waals surface area contributed by atoms with Crippen LogP contribution in [0.1, 0.15) is 160 Å². The van der Waals surface area contributed by atoms with Gasteiger partial charge in [-0.25, -0.2) is 4.79 Å². The first-order chi connectivity index (χ1) is 24.3. The topological polar surface area (TPSA) is 125 Å². The van der Waals surface area contributed by atoms with Crippen molar-refractivity contribution in [1.82, 2.24) is 0 Å². The molecule has 0 aromatic heterocycles. The SMILES string of the molecule is C=C(C)C1CC[C@]2(CCC(=O)OCOC(=O)OC(C)(C)C)CC[C@]3(C)[C@H](CC[C@@H]4[C@@]5(C)CC[C@H](OC(=O)CC(C)(C)C(=O)O)C(C)(C)[C@@H]5CC[C@]43C)[C@@H]12. The zero-order valence-electron chi connectivity index (χ0n) is 34.8. The molecule has 0 aromatic rings. The summed E-state index contributed by atoms with van der Waals surface area (Å²) in [7, 11) is 0. The van der Waals surface area contributed by atoms with E-state index in [4.69, 9.17) is 18.9 Å². The van der Waals surface area contributed by atoms with E-state index >= 15 is 0 Å². The third-order valence-corrected chi connectivity index (χ3v) is 16.2. The molecule has 0 saturated heterocycles. The maximum Gasteiger partial charge on any atom is 0.511 e. The first-order valence-corrected chi connectivity index (χ1v) is 20.4. The molecule has 53 heavy (non-hydrogen) atoms. The van der Waals surface area contributed by atoms with Crippen LogP contribution in [0.25, 0.3) is 0 Å². The molecule has 0 amide bonds. The van der Waals surface area contributed by atoms with E-state index in [1.54, 1.807) is 34.6 Å². The summed E-state index contributed by atoms with van der Waals surface area (Å²) in [5.41, 5.74) is -0.340. The quantitative estimate of drug-likeness (QED) is 0.101. The summed E-state index contributed by atoms with van der Waals surface area (Å²) in [6, 6.07) is 0. The molecule has 5 rings (SSSR count). The minimum atomic E-state index is -1.16. The van der Waals surface area contributed by atoms with Gasteiger partial charge in [-0.3, -0.25) is 14.4 Å². The van der Waals surface area contributed by atoms with Crippen LogP contribution >= 0.6 is 0 Å². The highest BCUT2D eigenvalue weighted by Crippen LogP contribution is 2.78. The second kappa shape index (κ2) is 14.2. The van der Waals surface area contributed by atoms with Gasteiger partial charge >= 0.3 is 24.1 Å². The maximum atomic E-state index is 13.1. The largest absolute Gasteiger partial charge is 0.511 e. The summed E-state index contributed by atoms with van der Waals surface area (Å²) in [4.78, 5) is 49.8. The van der Waals surface area contributed by atoms with E-state index in [0.717, 1.165) is 57.8 Å². The van der Waals surface area contributed by atoms with Crippen LogP contribution in [0, 0.1) is 62.1 Å². The third-order valence-electron chi connectivity index (χ3n) is 16.2. The molecule has 5 fully saturated rings. The van der Waals surface area contributed by atoms with Crippen molar-refractivity contribution < 1.29 is 43.2 Å². The van der Waals surface area contributed by atoms with E-state index in [2.05, 4.69) is 48.1 Å². The fraction of sp³-hybridized carbons (Fsp3) is 0.864. The van der Waals surface area contributed by atoms with Crippen LogP contribution < -0.4 is 0 Å². The first-order valence-electron chi connectivity index (χ1n) is 20.4. The molecule has 300 valence electrons. The average Bonchev–Trinajstić information content (AvgIpc) is 3.41. The lowest BCUT2D eigenvalue weighted by molar-refractivity contribution is -0.250. The molecule has 0 spiro atoms. The molecule has 1 unspecified atom stereocenters. The van der Waals surface area contributed by atoms with Gasteiger partial charge in [0.15, 0.2) is 0 Å². The lowest BCUT2D eigenvalue weighted by Gasteiger charge is -2.73. The number of fused-ring (bicyclic) bond motifs is 7. The van der Waals surface area contributed by atoms with Crippen LogP contribution in [0.4, 0.5) is 4.79 Å². The fourth-order valence-electron chi connectivity index (χ4n) is 13.4. The Morgan fingerprint density at radius 1 is 0.774 bits per heavy atom. The van der Waals surface area contributed by atoms with Gasteiger partial charge in [0.25, 0.3) is 0 Å². The lowest BCUT2D eigenvalue weighted by Crippen LogP contribution is -2.66. The monoisotopic (exact) mass is 743 g/mol. The van der Waals surface area contributed by atoms with E-state index in [9.17, 15) is 24.3 Å². The Bertz CT molecular complexity index is 1460. The lowest BCUT2D eigenvalue weighted by atomic mass is 9.32. The van der Waals surface area contributed by atoms with Gasteiger partial charge in [-0.1, -0.05) is 46.8 Å². The molecule has 9 nitrogen and oxygen atoms in total. The average molecular weight is 743 g/mol. The molecule has 5 aliphatic rings. The molecular weight excluding hydrogens is 672 g/mol. The van der Waals surface area contributed by atoms with Gasteiger partial charge in [0, 0.05) is 11.8 Å². The van der Waals surface area contributed by atoms with Crippen LogP contribution in [0.3, 0.4) is 0 Å². The number of aliphatic carboxylic acids is 1. The molecule has 5 aliphatic carbocycles. The van der Waals surface area contributed by atoms with E-state index < -0.39 is 35.9 Å². The van der Waals surface area contributed by atoms with Crippen LogP contribution in [-0.4, -0.2) is 47.7 Å². The highest BCUT2D eigenvalue weighted by molar-refractivity contribution is 5.81. The van der Waals surface area contributed by atoms with Crippen molar-refractivity contribution >= 4 is 24.1 Å². The smallest absolute Gasteiger partial charge is 0.481 e. The molecule has 0 heterocycles. The van der Waals surface area contributed by atoms with E-state index in [1.807, 2.05) is 0 Å². The molecule has 0 aliphatic heterocycles. The van der Waals surface area contributed by atoms with Crippen molar-refractivity contribution in [3.05, 3.63) is 12.2 Å². The van der Waals surface area contributed by atoms with Crippen molar-refractivity contribution in [2.24, 2.45) is 62.1 Å². The minimum absolute atomic E-state index is 0.0578. The zero-order chi connectivity index (χ0) is 39.6. The Morgan fingerprint density at radius 3 is 2.08 bits per heavy atom. The second-order valence-electron chi connectivity index (χ2n) is 21.0. The van der Waals surface area contributed by atoms with E-state index in [1.165, 1.54) is 18.4 Å². The Kier molecular flexibility index (Phi) is 11.1. The molecular formula is C44H70O9. The molecule has 0 aromatic carbocycles. The predicted molar refractivity (Wildman–Crippen MR) is 202 cm³/mol. The van der Waals surface area contributed by atoms with Crippen LogP contribution in [-0.2, 0) is 33.3 Å². The van der Waals surface area contributed by atoms with Crippen molar-refractivity contribution in [3.63, 3.8) is 0 Å². The van der Waals surface area contributed by atoms with Crippen LogP contribution in [0.2, 0.25) is 0 Å². The molecule has 0 radical (unpaired) electrons. The number of hydrogen-bond donors (Lipinski definition) is 1. The highest BCUT2D eigenvalue weighted by atomic mass is 16.8. The number of rotatable bonds is 10. The highest BCUT2D eigenvalue weighted by Gasteiger charge is 2.71. The number of carboxylic acids is 1. The summed E-state index contributed by atoms with van der Waals surface area (Å²) in [6.45, 7) is 27.0. The first kappa shape index (κ1) is 41.6. The Morgan fingerprint density at radius 2 is 1.45 bits per heavy atom. The minimum Gasteiger partial charge on any atom is -0.481 e. The molecule has 10 atom stereocenters. The van der Waals surface area contributed by atoms with Gasteiger partial charge in [-0.05, 0) is 163 Å². The Labute approximate surface area is 319 Å². The number of hydrogen-bond acceptors (Lipinski definition) is 8. The predicted octanol–water partition coefficient (Wildman–Crippen LogP) is 10.3. The standard InChI is InChI=1S/C44H70O9/c1-27(2)28-15-21-44(22-18-33(45)50-26-51-37(49)53-38(3,4)5)24-23-42(11)29(35(28)44)13-14-31-41(10)19-17-32(52-34(46)25-39(6,7)36(47)48)40(8,9)30(41)16-20-43(31,42)12/h28-32,35H,1,13-26H2,2-12H3,(H,47,48)/t28?,29-,30+,31-,32+,35-,41+,42-,43-,44+/m1/s1. The van der Waals surface area contributed by atoms with Crippen molar-refractivity contribution in [3.8, 4) is 0 Å². The van der Waals surface area contributed by atoms with E-state index in [-0.39, 0.29) is 45.6 Å². The number of carbonyl (C=O) groups excluding carboxylic acids is 3. The summed E-state index contributed by atoms with van der Waals surface area (Å²) in [6.07, 6.45) is 10.7. The van der Waals surface area contributed by atoms with Gasteiger partial charge in [-0.2, -0.15) is 0 Å². The molecule has 0 bridgehead atoms. The maximum absolute atomic E-state index is 13.1. The van der Waals surface area contributed by atoms with Gasteiger partial charge in [0.1, 0.15) is 11.7 Å². The fourth-order valence-corrected chi connectivity index (χ4v) is 13.4. The third kappa shape index (κ3) is 7.42. The zero-order valence-corrected chi connectivity index (χ0v) is 34.8. The molecule has 9 heteroatoms. The van der Waals surface area contributed by atoms with Crippen molar-refractivity contribution in [2.45, 2.75) is 171 Å².